The standard InChI is InChI=1S/C19H22N8O5S2/c1-27-13-4-2-3-12(16(13)25-19(27)21)11-5-6-14(33(29,30)8-10(28)7-20)17(34(22,31)32)15(11)18-23-9-24-26-18/h2-6,10,28H,7-9,20H2,1H3,(H2,21,25)(H2,22,31,32)/t10-/m1/s1. The second-order valence-corrected chi connectivity index (χ2v) is 11.1. The highest BCUT2D eigenvalue weighted by Crippen LogP contribution is 2.38. The molecule has 15 heteroatoms. The Morgan fingerprint density at radius 3 is 2.50 bits per heavy atom. The van der Waals surface area contributed by atoms with Gasteiger partial charge in [-0.2, -0.15) is 5.11 Å². The number of benzene rings is 2. The third kappa shape index (κ3) is 4.07. The van der Waals surface area contributed by atoms with E-state index in [0.717, 1.165) is 6.07 Å². The number of aliphatic hydroxyl groups is 1. The fourth-order valence-corrected chi connectivity index (χ4v) is 6.80. The van der Waals surface area contributed by atoms with Crippen molar-refractivity contribution in [3.63, 3.8) is 0 Å². The van der Waals surface area contributed by atoms with E-state index in [1.165, 1.54) is 6.07 Å². The van der Waals surface area contributed by atoms with Gasteiger partial charge in [-0.25, -0.2) is 32.0 Å². The molecule has 0 unspecified atom stereocenters. The minimum absolute atomic E-state index is 0.0670. The number of rotatable bonds is 7. The zero-order valence-electron chi connectivity index (χ0n) is 18.0. The Labute approximate surface area is 195 Å². The SMILES string of the molecule is Cn1c(N)nc2c(-c3ccc(S(=O)(=O)C[C@H](O)CN)c(S(N)(=O)=O)c3C3=NCN=N3)cccc21. The number of primary sulfonamides is 1. The van der Waals surface area contributed by atoms with Crippen LogP contribution in [0.5, 0.6) is 0 Å². The molecule has 0 aliphatic carbocycles. The van der Waals surface area contributed by atoms with Crippen molar-refractivity contribution in [1.29, 1.82) is 0 Å². The van der Waals surface area contributed by atoms with Gasteiger partial charge in [-0.1, -0.05) is 18.2 Å². The van der Waals surface area contributed by atoms with Crippen LogP contribution in [0.1, 0.15) is 5.56 Å². The molecule has 7 N–H and O–H groups in total. The van der Waals surface area contributed by atoms with Gasteiger partial charge in [-0.15, -0.1) is 5.11 Å². The van der Waals surface area contributed by atoms with Gasteiger partial charge >= 0.3 is 0 Å². The normalized spacial score (nSPS) is 15.1. The quantitative estimate of drug-likeness (QED) is 0.333. The van der Waals surface area contributed by atoms with Crippen molar-refractivity contribution in [1.82, 2.24) is 9.55 Å². The third-order valence-corrected chi connectivity index (χ3v) is 8.29. The number of hydrogen-bond donors (Lipinski definition) is 4. The summed E-state index contributed by atoms with van der Waals surface area (Å²) in [5.74, 6) is -0.676. The fraction of sp³-hybridized carbons (Fsp3) is 0.263. The molecule has 34 heavy (non-hydrogen) atoms. The number of fused-ring (bicyclic) bond motifs is 1. The Balaban J connectivity index is 2.13. The number of hydrogen-bond acceptors (Lipinski definition) is 11. The van der Waals surface area contributed by atoms with E-state index in [1.54, 1.807) is 29.8 Å². The number of nitrogens with two attached hydrogens (primary N) is 3. The zero-order chi connectivity index (χ0) is 24.8. The summed E-state index contributed by atoms with van der Waals surface area (Å²) in [7, 11) is -7.26. The molecule has 1 aliphatic heterocycles. The Hall–Kier alpha value is -3.24. The zero-order valence-corrected chi connectivity index (χ0v) is 19.6. The first-order chi connectivity index (χ1) is 16.0. The lowest BCUT2D eigenvalue weighted by Gasteiger charge is -2.18. The van der Waals surface area contributed by atoms with Crippen molar-refractivity contribution in [2.45, 2.75) is 15.9 Å². The van der Waals surface area contributed by atoms with Gasteiger partial charge in [-0.05, 0) is 17.7 Å². The molecule has 0 fully saturated rings. The predicted molar refractivity (Wildman–Crippen MR) is 125 cm³/mol. The molecular weight excluding hydrogens is 484 g/mol. The van der Waals surface area contributed by atoms with Crippen LogP contribution in [0.4, 0.5) is 5.95 Å². The van der Waals surface area contributed by atoms with Crippen LogP contribution in [0.15, 0.2) is 55.3 Å². The largest absolute Gasteiger partial charge is 0.391 e. The lowest BCUT2D eigenvalue weighted by Crippen LogP contribution is -2.30. The van der Waals surface area contributed by atoms with Crippen LogP contribution in [0.25, 0.3) is 22.2 Å². The number of sulfone groups is 1. The van der Waals surface area contributed by atoms with Crippen LogP contribution < -0.4 is 16.6 Å². The summed E-state index contributed by atoms with van der Waals surface area (Å²) in [5.41, 5.74) is 13.0. The number of azo groups is 1. The number of aliphatic imine (C=N–C) groups is 1. The number of aliphatic hydroxyl groups excluding tert-OH is 1. The molecule has 0 saturated heterocycles. The van der Waals surface area contributed by atoms with Gasteiger partial charge in [0.15, 0.2) is 22.3 Å². The number of sulfonamides is 1. The molecule has 4 rings (SSSR count). The van der Waals surface area contributed by atoms with E-state index in [4.69, 9.17) is 16.6 Å². The Bertz CT molecular complexity index is 1580. The van der Waals surface area contributed by atoms with E-state index in [9.17, 15) is 21.9 Å². The number of amidine groups is 1. The van der Waals surface area contributed by atoms with E-state index in [0.29, 0.717) is 16.6 Å². The third-order valence-electron chi connectivity index (χ3n) is 5.33. The average molecular weight is 507 g/mol. The second kappa shape index (κ2) is 8.52. The molecule has 3 aromatic rings. The number of para-hydroxylation sites is 1. The predicted octanol–water partition coefficient (Wildman–Crippen LogP) is -0.267. The highest BCUT2D eigenvalue weighted by molar-refractivity contribution is 7.93. The Morgan fingerprint density at radius 1 is 1.15 bits per heavy atom. The Kier molecular flexibility index (Phi) is 5.99. The van der Waals surface area contributed by atoms with E-state index in [-0.39, 0.29) is 36.1 Å². The van der Waals surface area contributed by atoms with Crippen LogP contribution in [-0.4, -0.2) is 62.4 Å². The first-order valence-electron chi connectivity index (χ1n) is 9.90. The van der Waals surface area contributed by atoms with Gasteiger partial charge < -0.3 is 21.1 Å². The van der Waals surface area contributed by atoms with Crippen LogP contribution in [-0.2, 0) is 26.9 Å². The van der Waals surface area contributed by atoms with Gasteiger partial charge in [0.05, 0.1) is 33.3 Å². The highest BCUT2D eigenvalue weighted by atomic mass is 32.2. The molecular formula is C19H22N8O5S2. The first kappa shape index (κ1) is 23.9. The summed E-state index contributed by atoms with van der Waals surface area (Å²) >= 11 is 0. The first-order valence-corrected chi connectivity index (χ1v) is 13.1. The topological polar surface area (TPSA) is 221 Å². The number of imidazole rings is 1. The fourth-order valence-electron chi connectivity index (χ4n) is 3.76. The number of aromatic nitrogens is 2. The molecule has 1 aromatic heterocycles. The molecule has 2 aromatic carbocycles. The molecule has 0 spiro atoms. The minimum Gasteiger partial charge on any atom is -0.391 e. The second-order valence-electron chi connectivity index (χ2n) is 7.60. The smallest absolute Gasteiger partial charge is 0.240 e. The minimum atomic E-state index is -4.64. The highest BCUT2D eigenvalue weighted by Gasteiger charge is 2.34. The van der Waals surface area contributed by atoms with Gasteiger partial charge in [0.2, 0.25) is 16.0 Å². The van der Waals surface area contributed by atoms with Crippen molar-refractivity contribution < 1.29 is 21.9 Å². The summed E-state index contributed by atoms with van der Waals surface area (Å²) in [6.45, 7) is -0.401. The lowest BCUT2D eigenvalue weighted by molar-refractivity contribution is 0.205. The molecule has 0 radical (unpaired) electrons. The maximum absolute atomic E-state index is 13.1. The number of nitrogens with zero attached hydrogens (tertiary/aromatic N) is 5. The van der Waals surface area contributed by atoms with E-state index < -0.39 is 41.5 Å². The van der Waals surface area contributed by atoms with Crippen LogP contribution in [0.3, 0.4) is 0 Å². The monoisotopic (exact) mass is 506 g/mol. The van der Waals surface area contributed by atoms with Gasteiger partial charge in [-0.3, -0.25) is 0 Å². The van der Waals surface area contributed by atoms with Crippen LogP contribution in [0, 0.1) is 0 Å². The summed E-state index contributed by atoms with van der Waals surface area (Å²) in [6.07, 6.45) is -1.41. The molecule has 0 saturated carbocycles. The average Bonchev–Trinajstić information content (AvgIpc) is 3.40. The summed E-state index contributed by atoms with van der Waals surface area (Å²) in [6, 6.07) is 7.72. The van der Waals surface area contributed by atoms with Gasteiger partial charge in [0.1, 0.15) is 4.90 Å². The molecule has 0 bridgehead atoms. The van der Waals surface area contributed by atoms with Gasteiger partial charge in [0, 0.05) is 19.2 Å². The summed E-state index contributed by atoms with van der Waals surface area (Å²) in [5, 5.41) is 23.1. The van der Waals surface area contributed by atoms with Gasteiger partial charge in [0.25, 0.3) is 0 Å². The molecule has 2 heterocycles. The number of nitrogen functional groups attached to an aromatic ring is 1. The van der Waals surface area contributed by atoms with Crippen molar-refractivity contribution in [2.24, 2.45) is 33.1 Å². The van der Waals surface area contributed by atoms with E-state index >= 15 is 0 Å². The van der Waals surface area contributed by atoms with Crippen LogP contribution in [0.2, 0.25) is 0 Å². The molecule has 180 valence electrons. The molecule has 0 amide bonds. The maximum atomic E-state index is 13.1. The maximum Gasteiger partial charge on any atom is 0.240 e. The van der Waals surface area contributed by atoms with Crippen molar-refractivity contribution >= 4 is 42.7 Å². The molecule has 1 atom stereocenters. The molecule has 1 aliphatic rings. The summed E-state index contributed by atoms with van der Waals surface area (Å²) in [4.78, 5) is 7.19. The lowest BCUT2D eigenvalue weighted by atomic mass is 9.97. The van der Waals surface area contributed by atoms with E-state index in [1.807, 2.05) is 0 Å². The van der Waals surface area contributed by atoms with Crippen molar-refractivity contribution in [3.05, 3.63) is 35.9 Å². The summed E-state index contributed by atoms with van der Waals surface area (Å²) < 4.78 is 53.4. The number of aryl methyl sites for hydroxylation is 1. The Morgan fingerprint density at radius 2 is 1.88 bits per heavy atom. The van der Waals surface area contributed by atoms with Crippen molar-refractivity contribution in [3.8, 4) is 11.1 Å². The van der Waals surface area contributed by atoms with E-state index in [2.05, 4.69) is 20.2 Å². The van der Waals surface area contributed by atoms with Crippen LogP contribution >= 0.6 is 0 Å². The molecule has 13 nitrogen and oxygen atoms in total. The van der Waals surface area contributed by atoms with Crippen molar-refractivity contribution in [2.75, 3.05) is 24.7 Å². The number of anilines is 1.